The molecular weight excluding hydrogens is 188 g/mol. The molecule has 0 aliphatic heterocycles. The van der Waals surface area contributed by atoms with Crippen molar-refractivity contribution in [2.45, 2.75) is 6.54 Å². The molecule has 0 atom stereocenters. The summed E-state index contributed by atoms with van der Waals surface area (Å²) in [6.07, 6.45) is 1.73. The number of methoxy groups -OCH3 is 1. The van der Waals surface area contributed by atoms with Crippen LogP contribution in [0, 0.1) is 6.57 Å². The van der Waals surface area contributed by atoms with Crippen molar-refractivity contribution in [2.24, 2.45) is 0 Å². The molecule has 74 valence electrons. The summed E-state index contributed by atoms with van der Waals surface area (Å²) in [5, 5.41) is 1.01. The average Bonchev–Trinajstić information content (AvgIpc) is 2.28. The number of aromatic nitrogens is 1. The van der Waals surface area contributed by atoms with Crippen molar-refractivity contribution < 1.29 is 4.74 Å². The average molecular weight is 198 g/mol. The van der Waals surface area contributed by atoms with Crippen LogP contribution in [0.1, 0.15) is 5.56 Å². The van der Waals surface area contributed by atoms with Gasteiger partial charge < -0.3 is 9.58 Å². The van der Waals surface area contributed by atoms with Gasteiger partial charge in [0.25, 0.3) is 0 Å². The van der Waals surface area contributed by atoms with Gasteiger partial charge in [0.15, 0.2) is 0 Å². The summed E-state index contributed by atoms with van der Waals surface area (Å²) in [4.78, 5) is 7.64. The molecule has 0 fully saturated rings. The van der Waals surface area contributed by atoms with Crippen LogP contribution in [0.5, 0.6) is 5.75 Å². The van der Waals surface area contributed by atoms with E-state index in [0.29, 0.717) is 6.54 Å². The number of nitrogens with zero attached hydrogens (tertiary/aromatic N) is 2. The third kappa shape index (κ3) is 1.75. The van der Waals surface area contributed by atoms with Crippen LogP contribution in [0.4, 0.5) is 0 Å². The second kappa shape index (κ2) is 3.97. The topological polar surface area (TPSA) is 26.5 Å². The maximum atomic E-state index is 6.80. The molecule has 0 aliphatic rings. The van der Waals surface area contributed by atoms with E-state index in [9.17, 15) is 0 Å². The maximum absolute atomic E-state index is 6.80. The third-order valence-corrected chi connectivity index (χ3v) is 2.21. The van der Waals surface area contributed by atoms with E-state index in [2.05, 4.69) is 9.83 Å². The summed E-state index contributed by atoms with van der Waals surface area (Å²) < 4.78 is 5.20. The molecule has 0 unspecified atom stereocenters. The highest BCUT2D eigenvalue weighted by Gasteiger charge is 2.03. The lowest BCUT2D eigenvalue weighted by molar-refractivity contribution is 0.419. The molecule has 0 bridgehead atoms. The Labute approximate surface area is 88.1 Å². The minimum absolute atomic E-state index is 0.375. The molecule has 1 heterocycles. The predicted molar refractivity (Wildman–Crippen MR) is 58.6 cm³/mol. The highest BCUT2D eigenvalue weighted by Crippen LogP contribution is 2.23. The molecular formula is C12H10N2O. The van der Waals surface area contributed by atoms with Crippen molar-refractivity contribution in [3.63, 3.8) is 0 Å². The lowest BCUT2D eigenvalue weighted by Gasteiger charge is -2.04. The number of benzene rings is 1. The van der Waals surface area contributed by atoms with Crippen LogP contribution in [0.25, 0.3) is 15.7 Å². The second-order valence-electron chi connectivity index (χ2n) is 3.19. The van der Waals surface area contributed by atoms with Gasteiger partial charge in [-0.15, -0.1) is 0 Å². The van der Waals surface area contributed by atoms with E-state index in [1.165, 1.54) is 0 Å². The lowest BCUT2D eigenvalue weighted by Crippen LogP contribution is -1.89. The monoisotopic (exact) mass is 198 g/mol. The lowest BCUT2D eigenvalue weighted by atomic mass is 10.1. The number of ether oxygens (including phenoxy) is 1. The zero-order valence-electron chi connectivity index (χ0n) is 8.40. The molecule has 0 saturated heterocycles. The van der Waals surface area contributed by atoms with Gasteiger partial charge in [-0.1, -0.05) is 12.1 Å². The third-order valence-electron chi connectivity index (χ3n) is 2.21. The van der Waals surface area contributed by atoms with E-state index in [-0.39, 0.29) is 0 Å². The van der Waals surface area contributed by atoms with Crippen LogP contribution in [0.3, 0.4) is 0 Å². The molecule has 2 aromatic rings. The van der Waals surface area contributed by atoms with E-state index in [1.807, 2.05) is 24.3 Å². The van der Waals surface area contributed by atoms with Gasteiger partial charge in [0.1, 0.15) is 11.3 Å². The van der Waals surface area contributed by atoms with Crippen molar-refractivity contribution in [1.29, 1.82) is 0 Å². The van der Waals surface area contributed by atoms with E-state index in [1.54, 1.807) is 13.3 Å². The van der Waals surface area contributed by atoms with Crippen molar-refractivity contribution >= 4 is 10.9 Å². The van der Waals surface area contributed by atoms with Crippen LogP contribution < -0.4 is 4.74 Å². The van der Waals surface area contributed by atoms with Gasteiger partial charge in [0.05, 0.1) is 7.11 Å². The Hall–Kier alpha value is -2.08. The van der Waals surface area contributed by atoms with Crippen LogP contribution in [-0.4, -0.2) is 12.1 Å². The largest absolute Gasteiger partial charge is 0.494 e. The van der Waals surface area contributed by atoms with E-state index in [4.69, 9.17) is 11.3 Å². The minimum Gasteiger partial charge on any atom is -0.494 e. The van der Waals surface area contributed by atoms with Crippen molar-refractivity contribution in [1.82, 2.24) is 4.98 Å². The molecule has 0 saturated carbocycles. The predicted octanol–water partition coefficient (Wildman–Crippen LogP) is 2.66. The molecule has 0 spiro atoms. The van der Waals surface area contributed by atoms with Gasteiger partial charge in [-0.2, -0.15) is 0 Å². The van der Waals surface area contributed by atoms with E-state index >= 15 is 0 Å². The number of rotatable bonds is 2. The SMILES string of the molecule is [C-]#[N+]Cc1cnc2c(OC)cccc2c1. The number of fused-ring (bicyclic) bond motifs is 1. The zero-order chi connectivity index (χ0) is 10.7. The van der Waals surface area contributed by atoms with E-state index in [0.717, 1.165) is 22.2 Å². The number of para-hydroxylation sites is 1. The first-order valence-corrected chi connectivity index (χ1v) is 4.60. The van der Waals surface area contributed by atoms with Crippen LogP contribution >= 0.6 is 0 Å². The normalized spacial score (nSPS) is 9.87. The van der Waals surface area contributed by atoms with Crippen molar-refractivity contribution in [3.05, 3.63) is 47.4 Å². The second-order valence-corrected chi connectivity index (χ2v) is 3.19. The summed E-state index contributed by atoms with van der Waals surface area (Å²) in [5.41, 5.74) is 1.78. The number of pyridine rings is 1. The Morgan fingerprint density at radius 3 is 3.07 bits per heavy atom. The maximum Gasteiger partial charge on any atom is 0.241 e. The quantitative estimate of drug-likeness (QED) is 0.693. The first-order chi connectivity index (χ1) is 7.35. The molecule has 0 aliphatic carbocycles. The van der Waals surface area contributed by atoms with Gasteiger partial charge in [-0.05, 0) is 12.1 Å². The fraction of sp³-hybridized carbons (Fsp3) is 0.167. The summed E-state index contributed by atoms with van der Waals surface area (Å²) in [6.45, 7) is 7.17. The Morgan fingerprint density at radius 2 is 2.33 bits per heavy atom. The summed E-state index contributed by atoms with van der Waals surface area (Å²) >= 11 is 0. The molecule has 1 aromatic carbocycles. The highest BCUT2D eigenvalue weighted by atomic mass is 16.5. The Morgan fingerprint density at radius 1 is 1.47 bits per heavy atom. The van der Waals surface area contributed by atoms with Crippen molar-refractivity contribution in [2.75, 3.05) is 7.11 Å². The molecule has 3 nitrogen and oxygen atoms in total. The van der Waals surface area contributed by atoms with Crippen molar-refractivity contribution in [3.8, 4) is 5.75 Å². The van der Waals surface area contributed by atoms with Crippen LogP contribution in [0.15, 0.2) is 30.5 Å². The Bertz CT molecular complexity index is 529. The summed E-state index contributed by atoms with van der Waals surface area (Å²) in [5.74, 6) is 0.766. The molecule has 0 amide bonds. The van der Waals surface area contributed by atoms with Crippen LogP contribution in [0.2, 0.25) is 0 Å². The minimum atomic E-state index is 0.375. The fourth-order valence-corrected chi connectivity index (χ4v) is 1.52. The summed E-state index contributed by atoms with van der Waals surface area (Å²) in [6, 6.07) is 7.75. The number of hydrogen-bond acceptors (Lipinski definition) is 2. The van der Waals surface area contributed by atoms with Gasteiger partial charge >= 0.3 is 0 Å². The van der Waals surface area contributed by atoms with E-state index < -0.39 is 0 Å². The summed E-state index contributed by atoms with van der Waals surface area (Å²) in [7, 11) is 1.63. The zero-order valence-corrected chi connectivity index (χ0v) is 8.40. The smallest absolute Gasteiger partial charge is 0.241 e. The van der Waals surface area contributed by atoms with Crippen LogP contribution in [-0.2, 0) is 6.54 Å². The molecule has 0 N–H and O–H groups in total. The molecule has 15 heavy (non-hydrogen) atoms. The molecule has 0 radical (unpaired) electrons. The first-order valence-electron chi connectivity index (χ1n) is 4.60. The van der Waals surface area contributed by atoms with Gasteiger partial charge in [0.2, 0.25) is 6.54 Å². The highest BCUT2D eigenvalue weighted by molar-refractivity contribution is 5.84. The standard InChI is InChI=1S/C12H10N2O/c1-13-7-9-6-10-4-3-5-11(15-2)12(10)14-8-9/h3-6,8H,7H2,2H3. The Kier molecular flexibility index (Phi) is 2.51. The Balaban J connectivity index is 2.59. The molecule has 1 aromatic heterocycles. The number of hydrogen-bond donors (Lipinski definition) is 0. The van der Waals surface area contributed by atoms with Gasteiger partial charge in [0, 0.05) is 17.1 Å². The van der Waals surface area contributed by atoms with Gasteiger partial charge in [-0.3, -0.25) is 4.98 Å². The fourth-order valence-electron chi connectivity index (χ4n) is 1.52. The molecule has 2 rings (SSSR count). The van der Waals surface area contributed by atoms with Gasteiger partial charge in [-0.25, -0.2) is 6.57 Å². The first kappa shape index (κ1) is 9.47. The molecule has 3 heteroatoms.